The van der Waals surface area contributed by atoms with Gasteiger partial charge in [-0.25, -0.2) is 4.21 Å². The second-order valence-electron chi connectivity index (χ2n) is 12.6. The third-order valence-electron chi connectivity index (χ3n) is 8.69. The van der Waals surface area contributed by atoms with Crippen molar-refractivity contribution in [2.75, 3.05) is 25.4 Å². The van der Waals surface area contributed by atoms with E-state index < -0.39 is 22.0 Å². The zero-order valence-corrected chi connectivity index (χ0v) is 30.3. The molecule has 1 aromatic heterocycles. The largest absolute Gasteiger partial charge is 0.347 e. The summed E-state index contributed by atoms with van der Waals surface area (Å²) in [5.41, 5.74) is 7.21. The van der Waals surface area contributed by atoms with Crippen molar-refractivity contribution < 1.29 is 13.9 Å². The molecule has 0 saturated heterocycles. The van der Waals surface area contributed by atoms with Crippen LogP contribution in [0.4, 0.5) is 5.69 Å². The predicted octanol–water partition coefficient (Wildman–Crippen LogP) is 7.36. The van der Waals surface area contributed by atoms with Crippen LogP contribution in [0.2, 0.25) is 5.02 Å². The summed E-state index contributed by atoms with van der Waals surface area (Å²) in [6, 6.07) is 22.2. The van der Waals surface area contributed by atoms with Crippen LogP contribution >= 0.6 is 11.6 Å². The summed E-state index contributed by atoms with van der Waals surface area (Å²) >= 11 is 6.15. The molecule has 1 aliphatic rings. The van der Waals surface area contributed by atoms with Crippen molar-refractivity contribution in [3.8, 4) is 34.2 Å². The first kappa shape index (κ1) is 36.5. The number of nitrogens with zero attached hydrogens (tertiary/aromatic N) is 3. The van der Waals surface area contributed by atoms with E-state index in [4.69, 9.17) is 11.6 Å². The highest BCUT2D eigenvalue weighted by atomic mass is 35.5. The van der Waals surface area contributed by atoms with Gasteiger partial charge in [-0.15, -0.1) is 0 Å². The van der Waals surface area contributed by atoms with E-state index >= 15 is 0 Å². The van der Waals surface area contributed by atoms with E-state index in [1.165, 1.54) is 6.08 Å². The number of benzene rings is 3. The van der Waals surface area contributed by atoms with Crippen molar-refractivity contribution >= 4 is 34.6 Å². The molecule has 0 spiro atoms. The molecular weight excluding hydrogens is 670 g/mol. The molecule has 5 rings (SSSR count). The van der Waals surface area contributed by atoms with Gasteiger partial charge in [0.05, 0.1) is 15.5 Å². The molecule has 1 aliphatic carbocycles. The summed E-state index contributed by atoms with van der Waals surface area (Å²) in [6.45, 7) is 4.81. The molecule has 50 heavy (non-hydrogen) atoms. The number of hydrogen-bond acceptors (Lipinski definition) is 6. The zero-order chi connectivity index (χ0) is 35.9. The molecule has 2 unspecified atom stereocenters. The SMILES string of the molecule is Cc1c(C=O)c(-c2cccc(C#Cc3ccc(NS(=O)C4=CCC(N[C@@H](C)CCN(C)C)C([N+](=O)[O-])=C4)cc3)c2)c(-c2ccc(Cl)cc2)n1C. The van der Waals surface area contributed by atoms with Crippen LogP contribution in [-0.2, 0) is 18.0 Å². The third kappa shape index (κ3) is 8.67. The van der Waals surface area contributed by atoms with Crippen molar-refractivity contribution in [2.45, 2.75) is 38.8 Å². The molecule has 0 amide bonds. The zero-order valence-electron chi connectivity index (χ0n) is 28.7. The number of allylic oxidation sites excluding steroid dienone is 1. The number of anilines is 1. The maximum Gasteiger partial charge on any atom is 0.264 e. The number of aldehydes is 1. The fraction of sp³-hybridized carbons (Fsp3) is 0.256. The van der Waals surface area contributed by atoms with Gasteiger partial charge in [-0.2, -0.15) is 0 Å². The number of nitrogens with one attached hydrogen (secondary N) is 2. The summed E-state index contributed by atoms with van der Waals surface area (Å²) in [4.78, 5) is 26.2. The van der Waals surface area contributed by atoms with E-state index in [0.717, 1.165) is 58.5 Å². The summed E-state index contributed by atoms with van der Waals surface area (Å²) < 4.78 is 18.1. The molecule has 4 aromatic rings. The first-order valence-electron chi connectivity index (χ1n) is 16.2. The minimum atomic E-state index is -1.69. The van der Waals surface area contributed by atoms with E-state index in [1.807, 2.05) is 100 Å². The summed E-state index contributed by atoms with van der Waals surface area (Å²) in [5.74, 6) is 6.41. The maximum atomic E-state index is 13.2. The van der Waals surface area contributed by atoms with Gasteiger partial charge in [0.2, 0.25) is 0 Å². The topological polar surface area (TPSA) is 110 Å². The van der Waals surface area contributed by atoms with Gasteiger partial charge in [-0.05, 0) is 107 Å². The number of hydrogen-bond donors (Lipinski definition) is 2. The van der Waals surface area contributed by atoms with Crippen LogP contribution in [-0.4, -0.2) is 57.6 Å². The van der Waals surface area contributed by atoms with E-state index in [9.17, 15) is 19.1 Å². The lowest BCUT2D eigenvalue weighted by Gasteiger charge is -2.24. The Morgan fingerprint density at radius 3 is 2.44 bits per heavy atom. The van der Waals surface area contributed by atoms with E-state index in [-0.39, 0.29) is 11.7 Å². The first-order chi connectivity index (χ1) is 23.9. The molecule has 0 aliphatic heterocycles. The Kier molecular flexibility index (Phi) is 11.9. The van der Waals surface area contributed by atoms with Gasteiger partial charge in [-0.1, -0.05) is 53.8 Å². The normalized spacial score (nSPS) is 15.4. The quantitative estimate of drug-likeness (QED) is 0.0689. The molecule has 0 radical (unpaired) electrons. The van der Waals surface area contributed by atoms with Crippen molar-refractivity contribution in [3.63, 3.8) is 0 Å². The number of nitro groups is 1. The van der Waals surface area contributed by atoms with Crippen LogP contribution in [0.25, 0.3) is 22.4 Å². The van der Waals surface area contributed by atoms with E-state index in [2.05, 4.69) is 26.8 Å². The lowest BCUT2D eigenvalue weighted by molar-refractivity contribution is -0.430. The second-order valence-corrected chi connectivity index (χ2v) is 14.2. The number of rotatable bonds is 12. The van der Waals surface area contributed by atoms with Crippen LogP contribution < -0.4 is 10.0 Å². The smallest absolute Gasteiger partial charge is 0.264 e. The molecule has 2 N–H and O–H groups in total. The van der Waals surface area contributed by atoms with Crippen LogP contribution in [0.15, 0.2) is 95.6 Å². The highest BCUT2D eigenvalue weighted by molar-refractivity contribution is 7.90. The lowest BCUT2D eigenvalue weighted by Crippen LogP contribution is -2.41. The standard InChI is InChI=1S/C39H40ClN5O4S/c1-26(21-22-43(3)4)41-36-20-19-34(24-37(36)45(47)48)50(49)42-33-17-11-28(12-18-33)9-10-29-7-6-8-31(23-29)38-35(25-46)27(2)44(5)39(38)30-13-15-32(40)16-14-30/h6-8,11-19,23-26,36,41-42H,20-22H2,1-5H3/t26-,36?,50?/m0/s1. The molecule has 9 nitrogen and oxygen atoms in total. The Labute approximate surface area is 300 Å². The predicted molar refractivity (Wildman–Crippen MR) is 203 cm³/mol. The van der Waals surface area contributed by atoms with Gasteiger partial charge in [0, 0.05) is 57.8 Å². The fourth-order valence-corrected chi connectivity index (χ4v) is 6.96. The van der Waals surface area contributed by atoms with Gasteiger partial charge < -0.3 is 19.5 Å². The Morgan fingerprint density at radius 1 is 1.08 bits per heavy atom. The Hall–Kier alpha value is -4.79. The molecule has 3 aromatic carbocycles. The van der Waals surface area contributed by atoms with Gasteiger partial charge in [0.1, 0.15) is 17.0 Å². The van der Waals surface area contributed by atoms with Gasteiger partial charge in [0.25, 0.3) is 5.70 Å². The van der Waals surface area contributed by atoms with Gasteiger partial charge in [0.15, 0.2) is 6.29 Å². The maximum absolute atomic E-state index is 13.2. The molecule has 11 heteroatoms. The molecule has 0 fully saturated rings. The van der Waals surface area contributed by atoms with Crippen molar-refractivity contribution in [2.24, 2.45) is 7.05 Å². The Balaban J connectivity index is 1.29. The van der Waals surface area contributed by atoms with Crippen LogP contribution in [0.1, 0.15) is 46.9 Å². The molecule has 3 atom stereocenters. The van der Waals surface area contributed by atoms with Gasteiger partial charge >= 0.3 is 0 Å². The number of aromatic nitrogens is 1. The summed E-state index contributed by atoms with van der Waals surface area (Å²) in [7, 11) is 4.25. The summed E-state index contributed by atoms with van der Waals surface area (Å²) in [6.07, 6.45) is 5.32. The van der Waals surface area contributed by atoms with Crippen molar-refractivity contribution in [1.29, 1.82) is 0 Å². The monoisotopic (exact) mass is 709 g/mol. The van der Waals surface area contributed by atoms with Crippen molar-refractivity contribution in [3.05, 3.63) is 133 Å². The Bertz CT molecular complexity index is 2040. The minimum absolute atomic E-state index is 0.00929. The van der Waals surface area contributed by atoms with Crippen LogP contribution in [0.5, 0.6) is 0 Å². The van der Waals surface area contributed by atoms with Gasteiger partial charge in [-0.3, -0.25) is 14.9 Å². The highest BCUT2D eigenvalue weighted by Gasteiger charge is 2.30. The highest BCUT2D eigenvalue weighted by Crippen LogP contribution is 2.38. The summed E-state index contributed by atoms with van der Waals surface area (Å²) in [5, 5.41) is 15.8. The van der Waals surface area contributed by atoms with E-state index in [1.54, 1.807) is 18.2 Å². The lowest BCUT2D eigenvalue weighted by atomic mass is 9.96. The number of carbonyl (C=O) groups is 1. The second kappa shape index (κ2) is 16.3. The fourth-order valence-electron chi connectivity index (χ4n) is 5.89. The molecular formula is C39H40ClN5O4S. The molecule has 1 heterocycles. The molecule has 258 valence electrons. The molecule has 0 bridgehead atoms. The average Bonchev–Trinajstić information content (AvgIpc) is 3.36. The minimum Gasteiger partial charge on any atom is -0.347 e. The average molecular weight is 710 g/mol. The van der Waals surface area contributed by atoms with Crippen molar-refractivity contribution in [1.82, 2.24) is 14.8 Å². The first-order valence-corrected chi connectivity index (χ1v) is 17.8. The number of carbonyl (C=O) groups excluding carboxylic acids is 1. The molecule has 0 saturated carbocycles. The van der Waals surface area contributed by atoms with E-state index in [0.29, 0.717) is 27.6 Å². The van der Waals surface area contributed by atoms with Crippen LogP contribution in [0.3, 0.4) is 0 Å². The number of halogens is 1. The Morgan fingerprint density at radius 2 is 1.78 bits per heavy atom. The van der Waals surface area contributed by atoms with Crippen LogP contribution in [0, 0.1) is 28.9 Å². The third-order valence-corrected chi connectivity index (χ3v) is 10.1.